The van der Waals surface area contributed by atoms with Crippen LogP contribution >= 0.6 is 31.9 Å². The number of amides is 4. The number of aliphatic hydroxyl groups is 4. The molecular weight excluding hydrogens is 1770 g/mol. The molecule has 4 radical (unpaired) electrons. The SMILES string of the molecule is Brc1ccncc1.C.C.CC(C)(O)C(C)(C)O.CC(C)(O)C(C)(C)O.CN(CC1OCCc2c(-c3ccncc3)cccc21)C(=O)OC(C)(C)C.CN(CC1OCCc2c(B3OC(C)(C)C(C)(C)O3)cccc21)C(=O)OC(C)(C)C.CN(CC1OCCc2c(Br)cccc21)C(=O)OC(C)(C)C.CN(C[C@@H]1OCCc2c(-c3ccncc3)cccc21)C(=O)OC(C)(C)C.[B][B]. The summed E-state index contributed by atoms with van der Waals surface area (Å²) in [6, 6.07) is 36.6. The quantitative estimate of drug-likeness (QED) is 0.0616. The second kappa shape index (κ2) is 49.8. The van der Waals surface area contributed by atoms with Crippen LogP contribution in [0.1, 0.15) is 250 Å². The topological polar surface area (TPSA) is 293 Å². The van der Waals surface area contributed by atoms with Crippen molar-refractivity contribution in [3.63, 3.8) is 0 Å². The summed E-state index contributed by atoms with van der Waals surface area (Å²) in [5.74, 6) is 0. The first-order chi connectivity index (χ1) is 58.7. The van der Waals surface area contributed by atoms with Crippen LogP contribution < -0.4 is 5.46 Å². The van der Waals surface area contributed by atoms with Gasteiger partial charge in [0.25, 0.3) is 0 Å². The van der Waals surface area contributed by atoms with Crippen molar-refractivity contribution < 1.29 is 86.8 Å². The maximum absolute atomic E-state index is 12.4. The summed E-state index contributed by atoms with van der Waals surface area (Å²) in [5, 5.41) is 36.4. The van der Waals surface area contributed by atoms with Gasteiger partial charge in [0.1, 0.15) is 46.8 Å². The number of likely N-dealkylation sites (N-methyl/N-ethyl adjacent to an activating group) is 4. The third kappa shape index (κ3) is 36.9. The molecule has 0 saturated carbocycles. The minimum Gasteiger partial charge on any atom is -0.444 e. The van der Waals surface area contributed by atoms with Gasteiger partial charge in [-0.15, -0.1) is 0 Å². The second-order valence-corrected chi connectivity index (χ2v) is 40.6. The van der Waals surface area contributed by atoms with Gasteiger partial charge in [-0.05, 0) is 307 Å². The fourth-order valence-corrected chi connectivity index (χ4v) is 13.5. The first-order valence-corrected chi connectivity index (χ1v) is 44.6. The Kier molecular flexibility index (Phi) is 44.5. The van der Waals surface area contributed by atoms with Crippen LogP contribution in [0.3, 0.4) is 0 Å². The number of nitrogens with zero attached hydrogens (tertiary/aromatic N) is 7. The monoisotopic (exact) mass is 1910 g/mol. The molecule has 3 aromatic heterocycles. The molecule has 710 valence electrons. The molecule has 1 saturated heterocycles. The molecule has 12 rings (SSSR count). The summed E-state index contributed by atoms with van der Waals surface area (Å²) >= 11 is 6.85. The number of carbonyl (C=O) groups is 4. The molecule has 25 nitrogen and oxygen atoms in total. The van der Waals surface area contributed by atoms with Crippen LogP contribution in [0, 0.1) is 0 Å². The van der Waals surface area contributed by atoms with Crippen LogP contribution in [-0.2, 0) is 72.9 Å². The van der Waals surface area contributed by atoms with E-state index < -0.39 is 51.9 Å². The molecule has 4 aromatic carbocycles. The highest BCUT2D eigenvalue weighted by atomic mass is 79.9. The van der Waals surface area contributed by atoms with Gasteiger partial charge in [-0.25, -0.2) is 19.2 Å². The van der Waals surface area contributed by atoms with Gasteiger partial charge < -0.3 is 87.2 Å². The van der Waals surface area contributed by atoms with Crippen molar-refractivity contribution >= 4 is 84.3 Å². The highest BCUT2D eigenvalue weighted by Gasteiger charge is 2.53. The number of carbonyl (C=O) groups excluding carboxylic acids is 4. The van der Waals surface area contributed by atoms with Gasteiger partial charge >= 0.3 is 31.5 Å². The highest BCUT2D eigenvalue weighted by molar-refractivity contribution is 9.10. The molecule has 7 aromatic rings. The Morgan fingerprint density at radius 2 is 0.628 bits per heavy atom. The molecule has 4 N–H and O–H groups in total. The van der Waals surface area contributed by atoms with Crippen molar-refractivity contribution in [1.29, 1.82) is 0 Å². The van der Waals surface area contributed by atoms with Gasteiger partial charge in [0, 0.05) is 89.8 Å². The number of hydrogen-bond donors (Lipinski definition) is 4. The fraction of sp³-hybridized carbons (Fsp3) is 0.566. The first-order valence-electron chi connectivity index (χ1n) is 43.0. The molecule has 129 heavy (non-hydrogen) atoms. The lowest BCUT2D eigenvalue weighted by molar-refractivity contribution is -0.107. The Balaban J connectivity index is 0.000000406. The van der Waals surface area contributed by atoms with Crippen LogP contribution in [0.2, 0.25) is 0 Å². The van der Waals surface area contributed by atoms with Crippen LogP contribution in [-0.4, -0.2) is 239 Å². The van der Waals surface area contributed by atoms with E-state index in [1.807, 2.05) is 175 Å². The van der Waals surface area contributed by atoms with E-state index in [9.17, 15) is 19.2 Å². The highest BCUT2D eigenvalue weighted by Crippen LogP contribution is 2.41. The third-order valence-electron chi connectivity index (χ3n) is 21.6. The summed E-state index contributed by atoms with van der Waals surface area (Å²) in [6.45, 7) is 47.6. The Hall–Kier alpha value is -7.84. The molecule has 5 aliphatic heterocycles. The Morgan fingerprint density at radius 3 is 0.891 bits per heavy atom. The number of rotatable bonds is 13. The lowest BCUT2D eigenvalue weighted by atomic mass is 9.73. The van der Waals surface area contributed by atoms with E-state index in [1.165, 1.54) is 33.4 Å². The predicted molar refractivity (Wildman–Crippen MR) is 523 cm³/mol. The van der Waals surface area contributed by atoms with Crippen LogP contribution in [0.4, 0.5) is 19.2 Å². The number of fused-ring (bicyclic) bond motifs is 4. The summed E-state index contributed by atoms with van der Waals surface area (Å²) in [6.07, 6.45) is 12.1. The van der Waals surface area contributed by atoms with Crippen LogP contribution in [0.5, 0.6) is 0 Å². The maximum Gasteiger partial charge on any atom is 0.495 e. The van der Waals surface area contributed by atoms with Crippen molar-refractivity contribution in [2.24, 2.45) is 0 Å². The molecule has 4 atom stereocenters. The van der Waals surface area contributed by atoms with Crippen LogP contribution in [0.15, 0.2) is 155 Å². The van der Waals surface area contributed by atoms with Gasteiger partial charge in [-0.3, -0.25) is 15.0 Å². The average molecular weight is 1920 g/mol. The molecule has 30 heteroatoms. The van der Waals surface area contributed by atoms with Crippen molar-refractivity contribution in [2.45, 2.75) is 287 Å². The molecule has 0 bridgehead atoms. The average Bonchev–Trinajstić information content (AvgIpc) is 1.65. The van der Waals surface area contributed by atoms with Gasteiger partial charge in [0.15, 0.2) is 0 Å². The van der Waals surface area contributed by atoms with E-state index in [-0.39, 0.29) is 74.8 Å². The molecular formula is C99H148B3Br2N7O18. The van der Waals surface area contributed by atoms with E-state index in [0.29, 0.717) is 52.6 Å². The van der Waals surface area contributed by atoms with Gasteiger partial charge in [0.2, 0.25) is 0 Å². The summed E-state index contributed by atoms with van der Waals surface area (Å²) in [7, 11) is 14.6. The van der Waals surface area contributed by atoms with Crippen molar-refractivity contribution in [3.8, 4) is 22.3 Å². The number of benzene rings is 4. The third-order valence-corrected chi connectivity index (χ3v) is 22.9. The smallest absolute Gasteiger partial charge is 0.444 e. The number of hydrogen-bond acceptors (Lipinski definition) is 21. The number of pyridine rings is 3. The summed E-state index contributed by atoms with van der Waals surface area (Å²) in [4.78, 5) is 67.3. The molecule has 8 heterocycles. The van der Waals surface area contributed by atoms with Gasteiger partial charge in [0.05, 0.1) is 86.2 Å². The van der Waals surface area contributed by atoms with Crippen LogP contribution in [0.25, 0.3) is 22.3 Å². The van der Waals surface area contributed by atoms with E-state index in [0.717, 1.165) is 73.5 Å². The minimum absolute atomic E-state index is 0. The standard InChI is InChI=1S/C22H34BNO5.2C21H26N2O3.C16H22BrNO3.2C6H14O2.C5H4BrN.2CH4.B2/c1-20(2,3)27-19(25)24(8)14-18-16-10-9-11-17(15(16)12-13-26-18)23-28-21(4,5)22(6,7)29-23;2*1-21(2,3)26-20(24)23(4)14-19-18-7-5-6-16(17(18)10-13-25-19)15-8-11-22-12-9-15;1-16(2,3)21-15(19)18(4)10-14-12-6-5-7-13(17)11(12)8-9-20-14;2*1-5(2,7)6(3,4)8;6-5-1-3-7-4-2-5;;;1-2/h9-11,18H,12-14H2,1-8H3;2*5-9,11-12,19H,10,13-14H2,1-4H3;5-7,14H,8-10H2,1-4H3;2*7-8H,1-4H3;1-4H;2*1H4;/t;19-;;;;;;;;/m.0......../s1. The minimum atomic E-state index is -1.01. The molecule has 0 spiro atoms. The zero-order chi connectivity index (χ0) is 95.8. The van der Waals surface area contributed by atoms with Crippen molar-refractivity contribution in [2.75, 3.05) is 80.8 Å². The number of halogens is 2. The fourth-order valence-electron chi connectivity index (χ4n) is 12.7. The zero-order valence-electron chi connectivity index (χ0n) is 80.3. The lowest BCUT2D eigenvalue weighted by Crippen LogP contribution is -2.44. The number of aromatic nitrogens is 3. The van der Waals surface area contributed by atoms with Crippen molar-refractivity contribution in [1.82, 2.24) is 34.6 Å². The largest absolute Gasteiger partial charge is 0.495 e. The van der Waals surface area contributed by atoms with Gasteiger partial charge in [-0.1, -0.05) is 113 Å². The summed E-state index contributed by atoms with van der Waals surface area (Å²) in [5.41, 5.74) is 8.47. The molecule has 4 amide bonds. The van der Waals surface area contributed by atoms with Gasteiger partial charge in [-0.2, -0.15) is 0 Å². The Bertz CT molecular complexity index is 4400. The maximum atomic E-state index is 12.4. The number of ether oxygens (including phenoxy) is 8. The normalized spacial score (nSPS) is 17.1. The summed E-state index contributed by atoms with van der Waals surface area (Å²) < 4.78 is 60.3. The Labute approximate surface area is 790 Å². The molecule has 5 aliphatic rings. The molecule has 3 unspecified atom stereocenters. The molecule has 1 fully saturated rings. The van der Waals surface area contributed by atoms with E-state index in [1.54, 1.807) is 116 Å². The molecule has 0 aliphatic carbocycles. The van der Waals surface area contributed by atoms with E-state index in [2.05, 4.69) is 132 Å². The van der Waals surface area contributed by atoms with Crippen molar-refractivity contribution in [3.05, 3.63) is 200 Å². The lowest BCUT2D eigenvalue weighted by Gasteiger charge is -2.32. The van der Waals surface area contributed by atoms with E-state index >= 15 is 0 Å². The first kappa shape index (κ1) is 115. The second-order valence-electron chi connectivity index (χ2n) is 38.8. The zero-order valence-corrected chi connectivity index (χ0v) is 83.4. The van der Waals surface area contributed by atoms with E-state index in [4.69, 9.17) is 67.6 Å². The Morgan fingerprint density at radius 1 is 0.388 bits per heavy atom. The predicted octanol–water partition coefficient (Wildman–Crippen LogP) is 19.3.